The molecule has 1 aromatic heterocycles. The molecule has 2 atom stereocenters. The number of benzene rings is 1. The predicted molar refractivity (Wildman–Crippen MR) is 155 cm³/mol. The molecule has 12 nitrogen and oxygen atoms in total. The van der Waals surface area contributed by atoms with Gasteiger partial charge in [0.05, 0.1) is 6.61 Å². The number of rotatable bonds is 9. The number of carbonyl (C=O) groups excluding carboxylic acids is 3. The van der Waals surface area contributed by atoms with E-state index in [1.54, 1.807) is 33.3 Å². The van der Waals surface area contributed by atoms with E-state index in [1.807, 2.05) is 34.6 Å². The van der Waals surface area contributed by atoms with Crippen LogP contribution in [0, 0.1) is 5.41 Å². The van der Waals surface area contributed by atoms with Gasteiger partial charge in [0.25, 0.3) is 15.9 Å². The van der Waals surface area contributed by atoms with Gasteiger partial charge < -0.3 is 14.4 Å². The molecule has 1 aromatic carbocycles. The molecule has 14 heteroatoms. The lowest BCUT2D eigenvalue weighted by atomic mass is 9.98. The third kappa shape index (κ3) is 8.46. The molecule has 0 unspecified atom stereocenters. The number of amides is 2. The van der Waals surface area contributed by atoms with Crippen LogP contribution in [-0.4, -0.2) is 88.8 Å². The molecule has 0 bridgehead atoms. The molecule has 2 aromatic rings. The maximum Gasteiger partial charge on any atom is 0.414 e. The van der Waals surface area contributed by atoms with E-state index in [4.69, 9.17) is 9.47 Å². The second-order valence-electron chi connectivity index (χ2n) is 12.0. The van der Waals surface area contributed by atoms with Crippen LogP contribution in [0.4, 0.5) is 4.79 Å². The Kier molecular flexibility index (Phi) is 9.81. The van der Waals surface area contributed by atoms with Gasteiger partial charge in [-0.15, -0.1) is 11.8 Å². The Balaban J connectivity index is 2.05. The fraction of sp³-hybridized carbons (Fsp3) is 0.556. The van der Waals surface area contributed by atoms with E-state index in [-0.39, 0.29) is 23.8 Å². The number of thioether (sulfide) groups is 1. The molecule has 2 heterocycles. The number of carbonyl (C=O) groups is 3. The number of sulfonamides is 1. The molecule has 0 saturated carbocycles. The Hall–Kier alpha value is -3.10. The maximum absolute atomic E-state index is 14.0. The van der Waals surface area contributed by atoms with Crippen LogP contribution in [0.1, 0.15) is 40.2 Å². The van der Waals surface area contributed by atoms with E-state index in [1.165, 1.54) is 45.7 Å². The van der Waals surface area contributed by atoms with Crippen molar-refractivity contribution in [2.45, 2.75) is 63.0 Å². The Morgan fingerprint density at radius 2 is 1.80 bits per heavy atom. The highest BCUT2D eigenvalue weighted by atomic mass is 32.2. The van der Waals surface area contributed by atoms with Crippen molar-refractivity contribution in [3.63, 3.8) is 0 Å². The first-order chi connectivity index (χ1) is 18.9. The minimum Gasteiger partial charge on any atom is -0.464 e. The average molecular weight is 610 g/mol. The van der Waals surface area contributed by atoms with Crippen LogP contribution in [0.5, 0.6) is 5.75 Å². The summed E-state index contributed by atoms with van der Waals surface area (Å²) < 4.78 is 40.8. The molecule has 1 saturated heterocycles. The molecule has 2 amide bonds. The smallest absolute Gasteiger partial charge is 0.414 e. The lowest BCUT2D eigenvalue weighted by molar-refractivity contribution is -0.154. The van der Waals surface area contributed by atoms with E-state index >= 15 is 0 Å². The van der Waals surface area contributed by atoms with Crippen LogP contribution in [0.2, 0.25) is 0 Å². The van der Waals surface area contributed by atoms with Crippen LogP contribution < -0.4 is 10.1 Å². The highest BCUT2D eigenvalue weighted by Gasteiger charge is 2.47. The fourth-order valence-electron chi connectivity index (χ4n) is 3.80. The van der Waals surface area contributed by atoms with Gasteiger partial charge in [-0.1, -0.05) is 32.9 Å². The number of nitrogens with one attached hydrogen (secondary N) is 1. The zero-order chi connectivity index (χ0) is 30.8. The van der Waals surface area contributed by atoms with Gasteiger partial charge in [0.2, 0.25) is 0 Å². The SMILES string of the molecule is CN(C)C(=O)Oc1ccc(C[C@@H](C(=O)OCC(C)(C)C)N(C(=O)[C@H]2NC(C)(C)CS2)S(=O)(=O)c2ccn(C)n2)cc1. The Morgan fingerprint density at radius 3 is 2.29 bits per heavy atom. The maximum atomic E-state index is 14.0. The minimum atomic E-state index is -4.58. The molecule has 1 N–H and O–H groups in total. The lowest BCUT2D eigenvalue weighted by Gasteiger charge is -2.32. The summed E-state index contributed by atoms with van der Waals surface area (Å²) in [6, 6.07) is 6.02. The normalized spacial score (nSPS) is 17.5. The summed E-state index contributed by atoms with van der Waals surface area (Å²) in [6.07, 6.45) is 0.704. The summed E-state index contributed by atoms with van der Waals surface area (Å²) in [5, 5.41) is 5.92. The number of hydrogen-bond acceptors (Lipinski definition) is 10. The summed E-state index contributed by atoms with van der Waals surface area (Å²) in [6.45, 7) is 9.44. The van der Waals surface area contributed by atoms with Crippen molar-refractivity contribution in [2.24, 2.45) is 12.5 Å². The molecule has 0 radical (unpaired) electrons. The van der Waals surface area contributed by atoms with Gasteiger partial charge in [0, 0.05) is 45.1 Å². The van der Waals surface area contributed by atoms with E-state index in [2.05, 4.69) is 10.4 Å². The second-order valence-corrected chi connectivity index (χ2v) is 14.8. The molecule has 0 aliphatic carbocycles. The van der Waals surface area contributed by atoms with E-state index in [9.17, 15) is 22.8 Å². The fourth-order valence-corrected chi connectivity index (χ4v) is 6.70. The first kappa shape index (κ1) is 32.4. The average Bonchev–Trinajstić information content (AvgIpc) is 3.47. The summed E-state index contributed by atoms with van der Waals surface area (Å²) >= 11 is 1.27. The van der Waals surface area contributed by atoms with Gasteiger partial charge in [0.15, 0.2) is 5.03 Å². The molecule has 41 heavy (non-hydrogen) atoms. The van der Waals surface area contributed by atoms with E-state index in [0.29, 0.717) is 15.6 Å². The standard InChI is InChI=1S/C27H39N5O7S2/c1-26(2,3)16-38-24(34)20(15-18-9-11-19(12-10-18)39-25(35)30(6)7)32(23(33)22-28-27(4,5)17-40-22)41(36,37)21-13-14-31(8)29-21/h9-14,20,22,28H,15-17H2,1-8H3/t20-,22-/m0/s1. The molecular formula is C27H39N5O7S2. The number of esters is 1. The number of ether oxygens (including phenoxy) is 2. The largest absolute Gasteiger partial charge is 0.464 e. The Labute approximate surface area is 245 Å². The molecule has 3 rings (SSSR count). The summed E-state index contributed by atoms with van der Waals surface area (Å²) in [7, 11) is 0.0789. The minimum absolute atomic E-state index is 0.0108. The van der Waals surface area contributed by atoms with Crippen LogP contribution in [0.3, 0.4) is 0 Å². The van der Waals surface area contributed by atoms with Crippen LogP contribution in [0.15, 0.2) is 41.6 Å². The van der Waals surface area contributed by atoms with Gasteiger partial charge in [-0.3, -0.25) is 14.8 Å². The number of aryl methyl sites for hydroxylation is 1. The Bertz CT molecular complexity index is 1370. The van der Waals surface area contributed by atoms with Crippen molar-refractivity contribution >= 4 is 39.8 Å². The van der Waals surface area contributed by atoms with Crippen molar-refractivity contribution in [1.82, 2.24) is 24.3 Å². The highest BCUT2D eigenvalue weighted by Crippen LogP contribution is 2.31. The van der Waals surface area contributed by atoms with Crippen molar-refractivity contribution in [1.29, 1.82) is 0 Å². The highest BCUT2D eigenvalue weighted by molar-refractivity contribution is 8.01. The van der Waals surface area contributed by atoms with Crippen molar-refractivity contribution in [3.05, 3.63) is 42.1 Å². The molecule has 1 aliphatic heterocycles. The van der Waals surface area contributed by atoms with E-state index < -0.39 is 50.4 Å². The lowest BCUT2D eigenvalue weighted by Crippen LogP contribution is -2.56. The number of aromatic nitrogens is 2. The van der Waals surface area contributed by atoms with Crippen LogP contribution in [0.25, 0.3) is 0 Å². The summed E-state index contributed by atoms with van der Waals surface area (Å²) in [5.74, 6) is -0.826. The van der Waals surface area contributed by atoms with Crippen LogP contribution >= 0.6 is 11.8 Å². The number of hydrogen-bond donors (Lipinski definition) is 1. The first-order valence-electron chi connectivity index (χ1n) is 13.0. The quantitative estimate of drug-likeness (QED) is 0.422. The van der Waals surface area contributed by atoms with Gasteiger partial charge in [-0.2, -0.15) is 13.5 Å². The third-order valence-corrected chi connectivity index (χ3v) is 9.15. The summed E-state index contributed by atoms with van der Waals surface area (Å²) in [5.41, 5.74) is -0.304. The first-order valence-corrected chi connectivity index (χ1v) is 15.5. The molecule has 0 spiro atoms. The zero-order valence-corrected chi connectivity index (χ0v) is 26.3. The van der Waals surface area contributed by atoms with Crippen LogP contribution in [-0.2, 0) is 37.8 Å². The summed E-state index contributed by atoms with van der Waals surface area (Å²) in [4.78, 5) is 40.8. The van der Waals surface area contributed by atoms with E-state index in [0.717, 1.165) is 0 Å². The predicted octanol–water partition coefficient (Wildman–Crippen LogP) is 2.64. The number of nitrogens with zero attached hydrogens (tertiary/aromatic N) is 4. The van der Waals surface area contributed by atoms with Gasteiger partial charge >= 0.3 is 12.1 Å². The molecular weight excluding hydrogens is 570 g/mol. The van der Waals surface area contributed by atoms with Crippen molar-refractivity contribution in [3.8, 4) is 5.75 Å². The molecule has 1 fully saturated rings. The van der Waals surface area contributed by atoms with Gasteiger partial charge in [-0.05, 0) is 43.0 Å². The van der Waals surface area contributed by atoms with Gasteiger partial charge in [-0.25, -0.2) is 13.9 Å². The monoisotopic (exact) mass is 609 g/mol. The zero-order valence-electron chi connectivity index (χ0n) is 24.7. The molecule has 1 aliphatic rings. The molecule has 226 valence electrons. The van der Waals surface area contributed by atoms with Crippen molar-refractivity contribution in [2.75, 3.05) is 26.5 Å². The third-order valence-electron chi connectivity index (χ3n) is 5.91. The Morgan fingerprint density at radius 1 is 1.17 bits per heavy atom. The van der Waals surface area contributed by atoms with Crippen molar-refractivity contribution < 1.29 is 32.3 Å². The van der Waals surface area contributed by atoms with Gasteiger partial charge in [0.1, 0.15) is 17.2 Å². The topological polar surface area (TPSA) is 140 Å². The second kappa shape index (κ2) is 12.4.